The molecule has 0 atom stereocenters. The van der Waals surface area contributed by atoms with Gasteiger partial charge in [0.15, 0.2) is 12.4 Å². The number of hydrogen-bond acceptors (Lipinski definition) is 5. The number of methoxy groups -OCH3 is 1. The van der Waals surface area contributed by atoms with Crippen LogP contribution in [-0.2, 0) is 4.79 Å². The fourth-order valence-corrected chi connectivity index (χ4v) is 3.98. The van der Waals surface area contributed by atoms with E-state index < -0.39 is 5.60 Å². The molecule has 0 N–H and O–H groups in total. The Bertz CT molecular complexity index is 931. The molecule has 2 aromatic carbocycles. The first-order valence-electron chi connectivity index (χ1n) is 9.85. The SMILES string of the molecule is COc1ccc2c(c1)C(=O)CC1(CCN(C(=O)COc3cccc(C)c3)CC1)O2. The number of likely N-dealkylation sites (tertiary alicyclic amines) is 1. The largest absolute Gasteiger partial charge is 0.497 e. The first-order chi connectivity index (χ1) is 14.0. The first kappa shape index (κ1) is 19.3. The lowest BCUT2D eigenvalue weighted by atomic mass is 9.82. The Morgan fingerprint density at radius 1 is 1.14 bits per heavy atom. The van der Waals surface area contributed by atoms with Crippen LogP contribution in [-0.4, -0.2) is 49.0 Å². The molecule has 2 aliphatic heterocycles. The van der Waals surface area contributed by atoms with Crippen LogP contribution in [0.3, 0.4) is 0 Å². The van der Waals surface area contributed by atoms with E-state index in [4.69, 9.17) is 14.2 Å². The monoisotopic (exact) mass is 395 g/mol. The molecule has 2 heterocycles. The Balaban J connectivity index is 1.36. The zero-order valence-corrected chi connectivity index (χ0v) is 16.8. The van der Waals surface area contributed by atoms with Crippen LogP contribution in [0.4, 0.5) is 0 Å². The van der Waals surface area contributed by atoms with Crippen molar-refractivity contribution >= 4 is 11.7 Å². The van der Waals surface area contributed by atoms with Gasteiger partial charge in [-0.15, -0.1) is 0 Å². The van der Waals surface area contributed by atoms with Crippen LogP contribution in [0.2, 0.25) is 0 Å². The standard InChI is InChI=1S/C23H25NO5/c1-16-4-3-5-18(12-16)28-15-22(26)24-10-8-23(9-11-24)14-20(25)19-13-17(27-2)6-7-21(19)29-23/h3-7,12-13H,8-11,14-15H2,1-2H3. The van der Waals surface area contributed by atoms with Gasteiger partial charge < -0.3 is 19.1 Å². The number of nitrogens with zero attached hydrogens (tertiary/aromatic N) is 1. The summed E-state index contributed by atoms with van der Waals surface area (Å²) in [5.41, 5.74) is 1.12. The lowest BCUT2D eigenvalue weighted by Crippen LogP contribution is -2.53. The number of rotatable bonds is 4. The molecule has 1 saturated heterocycles. The molecule has 1 fully saturated rings. The Morgan fingerprint density at radius 2 is 1.93 bits per heavy atom. The molecule has 2 aliphatic rings. The van der Waals surface area contributed by atoms with Gasteiger partial charge in [-0.2, -0.15) is 0 Å². The van der Waals surface area contributed by atoms with Crippen molar-refractivity contribution in [3.63, 3.8) is 0 Å². The van der Waals surface area contributed by atoms with Gasteiger partial charge in [0.05, 0.1) is 19.1 Å². The number of ether oxygens (including phenoxy) is 3. The minimum atomic E-state index is -0.535. The van der Waals surface area contributed by atoms with Gasteiger partial charge in [0.25, 0.3) is 5.91 Å². The summed E-state index contributed by atoms with van der Waals surface area (Å²) in [5, 5.41) is 0. The second-order valence-electron chi connectivity index (χ2n) is 7.73. The molecule has 0 bridgehead atoms. The predicted molar refractivity (Wildman–Crippen MR) is 108 cm³/mol. The average molecular weight is 395 g/mol. The molecular formula is C23H25NO5. The molecule has 0 saturated carbocycles. The van der Waals surface area contributed by atoms with E-state index in [1.165, 1.54) is 0 Å². The van der Waals surface area contributed by atoms with Gasteiger partial charge in [-0.1, -0.05) is 12.1 Å². The van der Waals surface area contributed by atoms with E-state index in [0.717, 1.165) is 5.56 Å². The third kappa shape index (κ3) is 4.06. The van der Waals surface area contributed by atoms with Crippen molar-refractivity contribution in [2.75, 3.05) is 26.8 Å². The van der Waals surface area contributed by atoms with Gasteiger partial charge >= 0.3 is 0 Å². The van der Waals surface area contributed by atoms with Crippen LogP contribution in [0.25, 0.3) is 0 Å². The highest BCUT2D eigenvalue weighted by Crippen LogP contribution is 2.40. The van der Waals surface area contributed by atoms with Crippen molar-refractivity contribution in [1.29, 1.82) is 0 Å². The first-order valence-corrected chi connectivity index (χ1v) is 9.85. The van der Waals surface area contributed by atoms with E-state index >= 15 is 0 Å². The topological polar surface area (TPSA) is 65.1 Å². The number of ketones is 1. The number of hydrogen-bond donors (Lipinski definition) is 0. The quantitative estimate of drug-likeness (QED) is 0.794. The Morgan fingerprint density at radius 3 is 2.66 bits per heavy atom. The van der Waals surface area contributed by atoms with E-state index in [-0.39, 0.29) is 18.3 Å². The zero-order valence-electron chi connectivity index (χ0n) is 16.8. The van der Waals surface area contributed by atoms with Crippen LogP contribution < -0.4 is 14.2 Å². The molecule has 2 aromatic rings. The van der Waals surface area contributed by atoms with E-state index in [1.54, 1.807) is 30.2 Å². The van der Waals surface area contributed by atoms with E-state index in [1.807, 2.05) is 31.2 Å². The number of Topliss-reactive ketones (excluding diaryl/α,β-unsaturated/α-hetero) is 1. The normalized spacial score (nSPS) is 17.4. The van der Waals surface area contributed by atoms with Crippen molar-refractivity contribution < 1.29 is 23.8 Å². The average Bonchev–Trinajstić information content (AvgIpc) is 2.72. The minimum Gasteiger partial charge on any atom is -0.497 e. The van der Waals surface area contributed by atoms with Crippen LogP contribution in [0.15, 0.2) is 42.5 Å². The third-order valence-electron chi connectivity index (χ3n) is 5.68. The molecule has 0 unspecified atom stereocenters. The molecular weight excluding hydrogens is 370 g/mol. The minimum absolute atomic E-state index is 0.0128. The fraction of sp³-hybridized carbons (Fsp3) is 0.391. The van der Waals surface area contributed by atoms with E-state index in [0.29, 0.717) is 55.2 Å². The predicted octanol–water partition coefficient (Wildman–Crippen LogP) is 3.41. The number of carbonyl (C=O) groups is 2. The van der Waals surface area contributed by atoms with Crippen LogP contribution in [0.5, 0.6) is 17.2 Å². The maximum atomic E-state index is 12.7. The van der Waals surface area contributed by atoms with Gasteiger partial charge in [-0.25, -0.2) is 0 Å². The number of piperidine rings is 1. The molecule has 1 amide bonds. The lowest BCUT2D eigenvalue weighted by Gasteiger charge is -2.43. The van der Waals surface area contributed by atoms with E-state index in [9.17, 15) is 9.59 Å². The lowest BCUT2D eigenvalue weighted by molar-refractivity contribution is -0.136. The number of fused-ring (bicyclic) bond motifs is 1. The van der Waals surface area contributed by atoms with Crippen molar-refractivity contribution in [1.82, 2.24) is 4.90 Å². The van der Waals surface area contributed by atoms with Crippen molar-refractivity contribution in [2.45, 2.75) is 31.8 Å². The smallest absolute Gasteiger partial charge is 0.260 e. The Hall–Kier alpha value is -3.02. The zero-order chi connectivity index (χ0) is 20.4. The van der Waals surface area contributed by atoms with E-state index in [2.05, 4.69) is 0 Å². The van der Waals surface area contributed by atoms with Gasteiger partial charge in [0, 0.05) is 25.9 Å². The molecule has 29 heavy (non-hydrogen) atoms. The second kappa shape index (κ2) is 7.78. The Kier molecular flexibility index (Phi) is 5.18. The third-order valence-corrected chi connectivity index (χ3v) is 5.68. The highest BCUT2D eigenvalue weighted by Gasteiger charge is 2.43. The molecule has 6 nitrogen and oxygen atoms in total. The highest BCUT2D eigenvalue weighted by molar-refractivity contribution is 6.00. The summed E-state index contributed by atoms with van der Waals surface area (Å²) in [4.78, 5) is 27.0. The maximum absolute atomic E-state index is 12.7. The van der Waals surface area contributed by atoms with Crippen LogP contribution >= 0.6 is 0 Å². The van der Waals surface area contributed by atoms with Gasteiger partial charge in [-0.05, 0) is 42.8 Å². The van der Waals surface area contributed by atoms with Crippen LogP contribution in [0, 0.1) is 6.92 Å². The number of aryl methyl sites for hydroxylation is 1. The maximum Gasteiger partial charge on any atom is 0.260 e. The fourth-order valence-electron chi connectivity index (χ4n) is 3.98. The summed E-state index contributed by atoms with van der Waals surface area (Å²) < 4.78 is 17.1. The summed E-state index contributed by atoms with van der Waals surface area (Å²) in [6.45, 7) is 3.10. The van der Waals surface area contributed by atoms with Gasteiger partial charge in [0.2, 0.25) is 0 Å². The summed E-state index contributed by atoms with van der Waals surface area (Å²) in [6.07, 6.45) is 1.58. The Labute approximate surface area is 170 Å². The molecule has 6 heteroatoms. The van der Waals surface area contributed by atoms with Crippen LogP contribution in [0.1, 0.15) is 35.2 Å². The molecule has 0 radical (unpaired) electrons. The molecule has 0 aliphatic carbocycles. The summed E-state index contributed by atoms with van der Waals surface area (Å²) in [5.74, 6) is 1.96. The summed E-state index contributed by atoms with van der Waals surface area (Å²) >= 11 is 0. The summed E-state index contributed by atoms with van der Waals surface area (Å²) in [6, 6.07) is 13.0. The molecule has 1 spiro atoms. The molecule has 4 rings (SSSR count). The summed E-state index contributed by atoms with van der Waals surface area (Å²) in [7, 11) is 1.58. The highest BCUT2D eigenvalue weighted by atomic mass is 16.5. The second-order valence-corrected chi connectivity index (χ2v) is 7.73. The number of benzene rings is 2. The van der Waals surface area contributed by atoms with Crippen molar-refractivity contribution in [3.8, 4) is 17.2 Å². The molecule has 152 valence electrons. The number of amides is 1. The van der Waals surface area contributed by atoms with Gasteiger partial charge in [-0.3, -0.25) is 9.59 Å². The van der Waals surface area contributed by atoms with Crippen molar-refractivity contribution in [2.24, 2.45) is 0 Å². The number of carbonyl (C=O) groups excluding carboxylic acids is 2. The van der Waals surface area contributed by atoms with Crippen molar-refractivity contribution in [3.05, 3.63) is 53.6 Å². The molecule has 0 aromatic heterocycles. The van der Waals surface area contributed by atoms with Gasteiger partial charge in [0.1, 0.15) is 22.8 Å².